The number of fused-ring (bicyclic) bond motifs is 1. The number of pyridine rings is 1. The van der Waals surface area contributed by atoms with Gasteiger partial charge >= 0.3 is 0 Å². The lowest BCUT2D eigenvalue weighted by Gasteiger charge is -2.11. The number of aryl methyl sites for hydroxylation is 2. The van der Waals surface area contributed by atoms with Crippen molar-refractivity contribution >= 4 is 30.3 Å². The number of nitrogens with one attached hydrogen (secondary N) is 1. The first-order chi connectivity index (χ1) is 14.0. The smallest absolute Gasteiger partial charge is 0.254 e. The highest BCUT2D eigenvalue weighted by atomic mass is 35.5. The Morgan fingerprint density at radius 3 is 2.76 bits per heavy atom. The molecule has 4 aromatic rings. The van der Waals surface area contributed by atoms with E-state index in [-0.39, 0.29) is 5.56 Å². The monoisotopic (exact) mass is 420 g/mol. The maximum Gasteiger partial charge on any atom is 0.254 e. The second kappa shape index (κ2) is 8.17. The van der Waals surface area contributed by atoms with E-state index in [0.717, 1.165) is 18.5 Å². The fourth-order valence-corrected chi connectivity index (χ4v) is 4.77. The molecule has 2 aromatic carbocycles. The van der Waals surface area contributed by atoms with Crippen molar-refractivity contribution in [2.24, 2.45) is 0 Å². The minimum atomic E-state index is -0.175. The van der Waals surface area contributed by atoms with E-state index >= 15 is 0 Å². The summed E-state index contributed by atoms with van der Waals surface area (Å²) in [6.07, 6.45) is 1.60. The zero-order valence-corrected chi connectivity index (χ0v) is 17.5. The molecule has 4 nitrogen and oxygen atoms in total. The molecule has 1 atom stereocenters. The van der Waals surface area contributed by atoms with Crippen LogP contribution in [-0.2, 0) is 12.8 Å². The molecule has 1 unspecified atom stereocenters. The lowest BCUT2D eigenvalue weighted by molar-refractivity contribution is 0.476. The number of aromatic amines is 1. The SMILES string of the molecule is Cc1c(Oc2cc(Cl)cc(C#N)c2)cc(CCc2cc3ccccc3[pH]2)[nH]c1=O. The summed E-state index contributed by atoms with van der Waals surface area (Å²) < 4.78 is 5.91. The van der Waals surface area contributed by atoms with Crippen LogP contribution in [0.5, 0.6) is 11.5 Å². The summed E-state index contributed by atoms with van der Waals surface area (Å²) in [5.41, 5.74) is 1.54. The Kier molecular flexibility index (Phi) is 5.45. The van der Waals surface area contributed by atoms with Crippen LogP contribution in [-0.4, -0.2) is 4.98 Å². The van der Waals surface area contributed by atoms with Crippen LogP contribution in [0, 0.1) is 18.3 Å². The molecule has 6 heteroatoms. The number of benzene rings is 2. The van der Waals surface area contributed by atoms with E-state index < -0.39 is 0 Å². The number of ether oxygens (including phenoxy) is 1. The summed E-state index contributed by atoms with van der Waals surface area (Å²) in [5, 5.41) is 13.6. The molecule has 0 aliphatic rings. The average Bonchev–Trinajstić information content (AvgIpc) is 3.12. The van der Waals surface area contributed by atoms with Crippen LogP contribution in [0.2, 0.25) is 5.02 Å². The van der Waals surface area contributed by atoms with Crippen molar-refractivity contribution in [3.8, 4) is 17.6 Å². The number of aromatic nitrogens is 1. The molecule has 144 valence electrons. The van der Waals surface area contributed by atoms with Crippen LogP contribution >= 0.6 is 19.8 Å². The topological polar surface area (TPSA) is 65.9 Å². The van der Waals surface area contributed by atoms with Crippen molar-refractivity contribution in [3.63, 3.8) is 0 Å². The number of H-pyrrole nitrogens is 1. The lowest BCUT2D eigenvalue weighted by atomic mass is 10.1. The summed E-state index contributed by atoms with van der Waals surface area (Å²) >= 11 is 6.05. The second-order valence-corrected chi connectivity index (χ2v) is 8.75. The van der Waals surface area contributed by atoms with Crippen molar-refractivity contribution in [2.45, 2.75) is 19.8 Å². The Bertz CT molecular complexity index is 1270. The summed E-state index contributed by atoms with van der Waals surface area (Å²) in [6, 6.07) is 19.4. The van der Waals surface area contributed by atoms with Gasteiger partial charge in [0.25, 0.3) is 5.56 Å². The van der Waals surface area contributed by atoms with E-state index in [0.29, 0.717) is 35.8 Å². The van der Waals surface area contributed by atoms with Gasteiger partial charge in [-0.25, -0.2) is 0 Å². The summed E-state index contributed by atoms with van der Waals surface area (Å²) in [5.74, 6) is 0.908. The van der Waals surface area contributed by atoms with Crippen molar-refractivity contribution in [1.29, 1.82) is 5.26 Å². The van der Waals surface area contributed by atoms with Gasteiger partial charge < -0.3 is 9.72 Å². The maximum atomic E-state index is 12.4. The quantitative estimate of drug-likeness (QED) is 0.432. The second-order valence-electron chi connectivity index (χ2n) is 6.88. The van der Waals surface area contributed by atoms with Gasteiger partial charge in [0.1, 0.15) is 11.5 Å². The first kappa shape index (κ1) is 19.3. The van der Waals surface area contributed by atoms with Gasteiger partial charge in [0.15, 0.2) is 0 Å². The molecule has 0 radical (unpaired) electrons. The number of nitriles is 1. The van der Waals surface area contributed by atoms with Gasteiger partial charge in [-0.1, -0.05) is 35.9 Å². The molecular formula is C23H18ClN2O2P. The third-order valence-corrected chi connectivity index (χ3v) is 6.43. The van der Waals surface area contributed by atoms with E-state index in [1.165, 1.54) is 15.8 Å². The average molecular weight is 421 g/mol. The van der Waals surface area contributed by atoms with Crippen LogP contribution in [0.4, 0.5) is 0 Å². The zero-order valence-electron chi connectivity index (χ0n) is 15.8. The van der Waals surface area contributed by atoms with E-state index in [1.54, 1.807) is 25.1 Å². The van der Waals surface area contributed by atoms with Crippen molar-refractivity contribution < 1.29 is 4.74 Å². The normalized spacial score (nSPS) is 11.1. The molecule has 0 aliphatic heterocycles. The van der Waals surface area contributed by atoms with E-state index in [1.807, 2.05) is 6.07 Å². The Hall–Kier alpha value is -2.99. The highest BCUT2D eigenvalue weighted by molar-refractivity contribution is 7.38. The molecule has 0 fully saturated rings. The Morgan fingerprint density at radius 2 is 1.97 bits per heavy atom. The molecule has 1 N–H and O–H groups in total. The van der Waals surface area contributed by atoms with Crippen LogP contribution in [0.1, 0.15) is 22.1 Å². The molecule has 0 saturated heterocycles. The van der Waals surface area contributed by atoms with Crippen molar-refractivity contribution in [3.05, 3.63) is 92.1 Å². The predicted octanol–water partition coefficient (Wildman–Crippen LogP) is 5.97. The summed E-state index contributed by atoms with van der Waals surface area (Å²) in [7, 11) is 0.682. The van der Waals surface area contributed by atoms with E-state index in [2.05, 4.69) is 41.4 Å². The number of hydrogen-bond acceptors (Lipinski definition) is 3. The molecule has 2 aromatic heterocycles. The number of rotatable bonds is 5. The van der Waals surface area contributed by atoms with Crippen LogP contribution in [0.3, 0.4) is 0 Å². The van der Waals surface area contributed by atoms with E-state index in [9.17, 15) is 4.79 Å². The standard InChI is InChI=1S/C23H18ClN2O2P/c1-14-21(28-19-9-15(13-25)8-17(24)11-19)12-18(26-23(14)27)6-7-20-10-16-4-2-3-5-22(16)29-20/h2-5,8-12,29H,6-7H2,1H3,(H,26,27). The first-order valence-electron chi connectivity index (χ1n) is 9.20. The largest absolute Gasteiger partial charge is 0.457 e. The fraction of sp³-hybridized carbons (Fsp3) is 0.130. The van der Waals surface area contributed by atoms with Gasteiger partial charge in [0.2, 0.25) is 0 Å². The third-order valence-electron chi connectivity index (χ3n) is 4.77. The predicted molar refractivity (Wildman–Crippen MR) is 119 cm³/mol. The number of halogens is 1. The summed E-state index contributed by atoms with van der Waals surface area (Å²) in [4.78, 5) is 15.3. The Morgan fingerprint density at radius 1 is 1.14 bits per heavy atom. The van der Waals surface area contributed by atoms with Gasteiger partial charge in [-0.3, -0.25) is 4.79 Å². The van der Waals surface area contributed by atoms with Crippen molar-refractivity contribution in [1.82, 2.24) is 4.98 Å². The minimum absolute atomic E-state index is 0.175. The highest BCUT2D eigenvalue weighted by Crippen LogP contribution is 2.31. The molecule has 0 amide bonds. The molecule has 29 heavy (non-hydrogen) atoms. The summed E-state index contributed by atoms with van der Waals surface area (Å²) in [6.45, 7) is 1.71. The van der Waals surface area contributed by atoms with Crippen LogP contribution in [0.25, 0.3) is 10.5 Å². The molecule has 0 aliphatic carbocycles. The lowest BCUT2D eigenvalue weighted by Crippen LogP contribution is -2.13. The third kappa shape index (κ3) is 4.38. The van der Waals surface area contributed by atoms with Crippen molar-refractivity contribution in [2.75, 3.05) is 0 Å². The van der Waals surface area contributed by atoms with Gasteiger partial charge in [-0.05, 0) is 59.8 Å². The van der Waals surface area contributed by atoms with Gasteiger partial charge in [0, 0.05) is 16.8 Å². The first-order valence-corrected chi connectivity index (χ1v) is 10.6. The van der Waals surface area contributed by atoms with Gasteiger partial charge in [-0.15, -0.1) is 8.19 Å². The van der Waals surface area contributed by atoms with Gasteiger partial charge in [-0.2, -0.15) is 5.26 Å². The van der Waals surface area contributed by atoms with E-state index in [4.69, 9.17) is 21.6 Å². The number of nitrogens with zero attached hydrogens (tertiary/aromatic N) is 1. The van der Waals surface area contributed by atoms with Gasteiger partial charge in [0.05, 0.1) is 17.2 Å². The minimum Gasteiger partial charge on any atom is -0.457 e. The highest BCUT2D eigenvalue weighted by Gasteiger charge is 2.10. The van der Waals surface area contributed by atoms with Crippen LogP contribution in [0.15, 0.2) is 59.4 Å². The maximum absolute atomic E-state index is 12.4. The Labute approximate surface area is 174 Å². The molecule has 4 rings (SSSR count). The Balaban J connectivity index is 1.57. The molecule has 2 heterocycles. The molecule has 0 spiro atoms. The fourth-order valence-electron chi connectivity index (χ4n) is 3.25. The molecule has 0 bridgehead atoms. The van der Waals surface area contributed by atoms with Crippen LogP contribution < -0.4 is 10.3 Å². The molecule has 0 saturated carbocycles. The zero-order chi connectivity index (χ0) is 20.4. The number of hydrogen-bond donors (Lipinski definition) is 1. The molecular weight excluding hydrogens is 403 g/mol.